The zero-order chi connectivity index (χ0) is 18.5. The van der Waals surface area contributed by atoms with E-state index >= 15 is 0 Å². The van der Waals surface area contributed by atoms with Crippen molar-refractivity contribution in [2.45, 2.75) is 40.9 Å². The van der Waals surface area contributed by atoms with Gasteiger partial charge in [0.05, 0.1) is 0 Å². The molecule has 0 aromatic heterocycles. The van der Waals surface area contributed by atoms with Crippen LogP contribution >= 0.6 is 0 Å². The van der Waals surface area contributed by atoms with Gasteiger partial charge in [0, 0.05) is 0 Å². The Kier molecular flexibility index (Phi) is 5.62. The molecule has 0 saturated carbocycles. The molecule has 0 fully saturated rings. The van der Waals surface area contributed by atoms with Crippen LogP contribution in [0.5, 0.6) is 11.5 Å². The Morgan fingerprint density at radius 1 is 0.500 bits per heavy atom. The number of para-hydroxylation sites is 2. The van der Waals surface area contributed by atoms with Gasteiger partial charge < -0.3 is 9.47 Å². The van der Waals surface area contributed by atoms with E-state index in [9.17, 15) is 0 Å². The zero-order valence-electron chi connectivity index (χ0n) is 16.0. The quantitative estimate of drug-likeness (QED) is 0.538. The van der Waals surface area contributed by atoms with Crippen LogP contribution in [0.4, 0.5) is 0 Å². The van der Waals surface area contributed by atoms with E-state index < -0.39 is 0 Å². The highest BCUT2D eigenvalue weighted by Crippen LogP contribution is 2.26. The smallest absolute Gasteiger partial charge is 0.125 e. The zero-order valence-corrected chi connectivity index (χ0v) is 16.0. The first-order chi connectivity index (χ1) is 12.6. The van der Waals surface area contributed by atoms with Crippen molar-refractivity contribution in [1.29, 1.82) is 0 Å². The number of aryl methyl sites for hydroxylation is 4. The fraction of sp³-hybridized carbons (Fsp3) is 0.250. The molecule has 134 valence electrons. The Labute approximate surface area is 156 Å². The van der Waals surface area contributed by atoms with Gasteiger partial charge >= 0.3 is 0 Å². The molecular weight excluding hydrogens is 320 g/mol. The van der Waals surface area contributed by atoms with Crippen LogP contribution in [-0.4, -0.2) is 0 Å². The monoisotopic (exact) mass is 346 g/mol. The molecule has 0 radical (unpaired) electrons. The molecule has 0 heterocycles. The molecule has 3 aromatic carbocycles. The van der Waals surface area contributed by atoms with Gasteiger partial charge in [0.25, 0.3) is 0 Å². The standard InChI is InChI=1S/C24H26O2/c1-17-9-7-10-18(2)23(17)25-15-21-13-5-6-14-22(21)16-26-24-19(3)11-8-12-20(24)4/h5-14H,15-16H2,1-4H3. The number of rotatable bonds is 6. The van der Waals surface area contributed by atoms with Crippen molar-refractivity contribution in [3.63, 3.8) is 0 Å². The number of hydrogen-bond donors (Lipinski definition) is 0. The second-order valence-electron chi connectivity index (χ2n) is 6.79. The summed E-state index contributed by atoms with van der Waals surface area (Å²) in [5.41, 5.74) is 6.95. The number of benzene rings is 3. The van der Waals surface area contributed by atoms with Crippen LogP contribution in [0.15, 0.2) is 60.7 Å². The fourth-order valence-electron chi connectivity index (χ4n) is 3.19. The maximum atomic E-state index is 6.14. The van der Waals surface area contributed by atoms with Gasteiger partial charge in [-0.05, 0) is 61.1 Å². The molecule has 2 nitrogen and oxygen atoms in total. The third kappa shape index (κ3) is 4.08. The Morgan fingerprint density at radius 3 is 1.19 bits per heavy atom. The highest BCUT2D eigenvalue weighted by Gasteiger charge is 2.09. The van der Waals surface area contributed by atoms with Gasteiger partial charge in [0.1, 0.15) is 24.7 Å². The minimum atomic E-state index is 0.540. The van der Waals surface area contributed by atoms with E-state index in [4.69, 9.17) is 9.47 Å². The molecule has 2 heteroatoms. The predicted molar refractivity (Wildman–Crippen MR) is 107 cm³/mol. The van der Waals surface area contributed by atoms with Crippen LogP contribution in [-0.2, 0) is 13.2 Å². The first-order valence-electron chi connectivity index (χ1n) is 9.01. The van der Waals surface area contributed by atoms with Crippen LogP contribution in [0.2, 0.25) is 0 Å². The first-order valence-corrected chi connectivity index (χ1v) is 9.01. The Hall–Kier alpha value is -2.74. The van der Waals surface area contributed by atoms with Crippen molar-refractivity contribution in [2.75, 3.05) is 0 Å². The Morgan fingerprint density at radius 2 is 0.846 bits per heavy atom. The Balaban J connectivity index is 1.74. The highest BCUT2D eigenvalue weighted by atomic mass is 16.5. The molecule has 0 unspecified atom stereocenters. The lowest BCUT2D eigenvalue weighted by Gasteiger charge is -2.16. The summed E-state index contributed by atoms with van der Waals surface area (Å²) < 4.78 is 12.3. The summed E-state index contributed by atoms with van der Waals surface area (Å²) in [5.74, 6) is 1.94. The van der Waals surface area contributed by atoms with Crippen LogP contribution in [0.3, 0.4) is 0 Å². The average molecular weight is 346 g/mol. The normalized spacial score (nSPS) is 10.6. The first kappa shape index (κ1) is 18.1. The molecule has 0 bridgehead atoms. The molecule has 0 saturated heterocycles. The topological polar surface area (TPSA) is 18.5 Å². The van der Waals surface area contributed by atoms with Gasteiger partial charge in [-0.2, -0.15) is 0 Å². The van der Waals surface area contributed by atoms with Gasteiger partial charge in [-0.25, -0.2) is 0 Å². The molecule has 3 aromatic rings. The van der Waals surface area contributed by atoms with Crippen LogP contribution in [0.1, 0.15) is 33.4 Å². The van der Waals surface area contributed by atoms with Gasteiger partial charge in [-0.1, -0.05) is 60.7 Å². The van der Waals surface area contributed by atoms with Crippen molar-refractivity contribution >= 4 is 0 Å². The van der Waals surface area contributed by atoms with Crippen molar-refractivity contribution in [3.05, 3.63) is 94.0 Å². The molecule has 0 aliphatic heterocycles. The lowest BCUT2D eigenvalue weighted by atomic mass is 10.1. The SMILES string of the molecule is Cc1cccc(C)c1OCc1ccccc1COc1c(C)cccc1C. The van der Waals surface area contributed by atoms with Crippen LogP contribution < -0.4 is 9.47 Å². The van der Waals surface area contributed by atoms with Crippen molar-refractivity contribution in [1.82, 2.24) is 0 Å². The van der Waals surface area contributed by atoms with E-state index in [1.54, 1.807) is 0 Å². The number of hydrogen-bond acceptors (Lipinski definition) is 2. The van der Waals surface area contributed by atoms with Gasteiger partial charge in [-0.15, -0.1) is 0 Å². The van der Waals surface area contributed by atoms with Gasteiger partial charge in [0.15, 0.2) is 0 Å². The highest BCUT2D eigenvalue weighted by molar-refractivity contribution is 5.41. The van der Waals surface area contributed by atoms with Crippen LogP contribution in [0, 0.1) is 27.7 Å². The summed E-state index contributed by atoms with van der Waals surface area (Å²) in [6.45, 7) is 9.41. The molecule has 26 heavy (non-hydrogen) atoms. The third-order valence-electron chi connectivity index (χ3n) is 4.68. The van der Waals surface area contributed by atoms with Crippen LogP contribution in [0.25, 0.3) is 0 Å². The van der Waals surface area contributed by atoms with Gasteiger partial charge in [0.2, 0.25) is 0 Å². The molecule has 3 rings (SSSR count). The lowest BCUT2D eigenvalue weighted by molar-refractivity contribution is 0.281. The number of ether oxygens (including phenoxy) is 2. The maximum absolute atomic E-state index is 6.14. The summed E-state index contributed by atoms with van der Waals surface area (Å²) >= 11 is 0. The molecule has 0 aliphatic rings. The minimum Gasteiger partial charge on any atom is -0.488 e. The maximum Gasteiger partial charge on any atom is 0.125 e. The summed E-state index contributed by atoms with van der Waals surface area (Å²) in [4.78, 5) is 0. The average Bonchev–Trinajstić information content (AvgIpc) is 2.62. The molecule has 0 amide bonds. The van der Waals surface area contributed by atoms with E-state index in [1.807, 2.05) is 12.1 Å². The Bertz CT molecular complexity index is 781. The predicted octanol–water partition coefficient (Wildman–Crippen LogP) is 6.08. The molecule has 0 spiro atoms. The minimum absolute atomic E-state index is 0.540. The lowest BCUT2D eigenvalue weighted by Crippen LogP contribution is -2.05. The second kappa shape index (κ2) is 8.09. The van der Waals surface area contributed by atoms with E-state index in [-0.39, 0.29) is 0 Å². The second-order valence-corrected chi connectivity index (χ2v) is 6.79. The van der Waals surface area contributed by atoms with E-state index in [2.05, 4.69) is 76.2 Å². The van der Waals surface area contributed by atoms with E-state index in [1.165, 1.54) is 0 Å². The molecule has 0 aliphatic carbocycles. The van der Waals surface area contributed by atoms with Crippen molar-refractivity contribution < 1.29 is 9.47 Å². The summed E-state index contributed by atoms with van der Waals surface area (Å²) in [6, 6.07) is 20.8. The van der Waals surface area contributed by atoms with E-state index in [0.29, 0.717) is 13.2 Å². The largest absolute Gasteiger partial charge is 0.488 e. The van der Waals surface area contributed by atoms with E-state index in [0.717, 1.165) is 44.9 Å². The third-order valence-corrected chi connectivity index (χ3v) is 4.68. The summed E-state index contributed by atoms with van der Waals surface area (Å²) in [6.07, 6.45) is 0. The van der Waals surface area contributed by atoms with Crippen molar-refractivity contribution in [2.24, 2.45) is 0 Å². The van der Waals surface area contributed by atoms with Crippen molar-refractivity contribution in [3.8, 4) is 11.5 Å². The summed E-state index contributed by atoms with van der Waals surface area (Å²) in [7, 11) is 0. The summed E-state index contributed by atoms with van der Waals surface area (Å²) in [5, 5.41) is 0. The molecule has 0 N–H and O–H groups in total. The molecule has 0 atom stereocenters. The fourth-order valence-corrected chi connectivity index (χ4v) is 3.19. The molecular formula is C24H26O2. The van der Waals surface area contributed by atoms with Gasteiger partial charge in [-0.3, -0.25) is 0 Å².